The molecule has 0 saturated heterocycles. The first kappa shape index (κ1) is 20.3. The van der Waals surface area contributed by atoms with Crippen molar-refractivity contribution in [2.45, 2.75) is 13.5 Å². The monoisotopic (exact) mass is 412 g/mol. The summed E-state index contributed by atoms with van der Waals surface area (Å²) in [7, 11) is 3.15. The van der Waals surface area contributed by atoms with Crippen molar-refractivity contribution in [2.24, 2.45) is 0 Å². The minimum absolute atomic E-state index is 0.0337. The molecule has 0 aliphatic heterocycles. The van der Waals surface area contributed by atoms with E-state index in [4.69, 9.17) is 14.2 Å². The van der Waals surface area contributed by atoms with Gasteiger partial charge in [0.1, 0.15) is 11.6 Å². The van der Waals surface area contributed by atoms with E-state index < -0.39 is 5.97 Å². The zero-order chi connectivity index (χ0) is 20.8. The molecule has 1 aromatic heterocycles. The number of hydrogen-bond acceptors (Lipinski definition) is 7. The number of para-hydroxylation sites is 1. The smallest absolute Gasteiger partial charge is 0.338 e. The van der Waals surface area contributed by atoms with Crippen molar-refractivity contribution in [2.75, 3.05) is 19.5 Å². The van der Waals surface area contributed by atoms with E-state index in [0.29, 0.717) is 28.4 Å². The van der Waals surface area contributed by atoms with Crippen molar-refractivity contribution in [3.05, 3.63) is 59.1 Å². The largest absolute Gasteiger partial charge is 0.493 e. The Balaban J connectivity index is 1.70. The fourth-order valence-corrected chi connectivity index (χ4v) is 3.53. The third-order valence-electron chi connectivity index (χ3n) is 3.95. The molecule has 1 heterocycles. The summed E-state index contributed by atoms with van der Waals surface area (Å²) in [5, 5.41) is 5.20. The van der Waals surface area contributed by atoms with E-state index in [-0.39, 0.29) is 12.5 Å². The molecule has 0 bridgehead atoms. The number of nitrogens with zero attached hydrogens (tertiary/aromatic N) is 1. The third-order valence-corrected chi connectivity index (χ3v) is 4.88. The van der Waals surface area contributed by atoms with Gasteiger partial charge in [0, 0.05) is 18.0 Å². The van der Waals surface area contributed by atoms with Gasteiger partial charge in [-0.1, -0.05) is 12.1 Å². The molecule has 29 heavy (non-hydrogen) atoms. The van der Waals surface area contributed by atoms with Crippen molar-refractivity contribution >= 4 is 28.9 Å². The molecule has 0 atom stereocenters. The lowest BCUT2D eigenvalue weighted by molar-refractivity contribution is -0.114. The van der Waals surface area contributed by atoms with Gasteiger partial charge in [0.05, 0.1) is 31.0 Å². The second-order valence-corrected chi connectivity index (χ2v) is 6.88. The van der Waals surface area contributed by atoms with E-state index in [1.165, 1.54) is 18.3 Å². The van der Waals surface area contributed by atoms with Crippen LogP contribution in [0, 0.1) is 0 Å². The van der Waals surface area contributed by atoms with Gasteiger partial charge in [0.15, 0.2) is 11.5 Å². The van der Waals surface area contributed by atoms with E-state index in [0.717, 1.165) is 10.6 Å². The molecule has 3 rings (SSSR count). The van der Waals surface area contributed by atoms with Crippen LogP contribution in [0.3, 0.4) is 0 Å². The molecule has 0 radical (unpaired) electrons. The second kappa shape index (κ2) is 9.20. The van der Waals surface area contributed by atoms with Crippen LogP contribution in [0.2, 0.25) is 0 Å². The average molecular weight is 412 g/mol. The van der Waals surface area contributed by atoms with Gasteiger partial charge < -0.3 is 19.5 Å². The number of methoxy groups -OCH3 is 2. The highest BCUT2D eigenvalue weighted by atomic mass is 32.1. The maximum absolute atomic E-state index is 12.3. The van der Waals surface area contributed by atoms with Gasteiger partial charge in [-0.25, -0.2) is 9.78 Å². The topological polar surface area (TPSA) is 86.8 Å². The molecular formula is C21H20N2O5S. The molecule has 0 spiro atoms. The van der Waals surface area contributed by atoms with E-state index in [1.807, 2.05) is 23.6 Å². The Morgan fingerprint density at radius 1 is 1.10 bits per heavy atom. The lowest BCUT2D eigenvalue weighted by Gasteiger charge is -2.10. The summed E-state index contributed by atoms with van der Waals surface area (Å²) in [5.74, 6) is 0.513. The van der Waals surface area contributed by atoms with Gasteiger partial charge in [0.2, 0.25) is 5.91 Å². The van der Waals surface area contributed by atoms with Crippen LogP contribution >= 0.6 is 11.3 Å². The summed E-state index contributed by atoms with van der Waals surface area (Å²) in [4.78, 5) is 28.0. The van der Waals surface area contributed by atoms with Crippen LogP contribution in [0.1, 0.15) is 23.0 Å². The summed E-state index contributed by atoms with van der Waals surface area (Å²) in [6.07, 6.45) is 0. The van der Waals surface area contributed by atoms with Crippen molar-refractivity contribution in [3.63, 3.8) is 0 Å². The van der Waals surface area contributed by atoms with Gasteiger partial charge in [-0.05, 0) is 30.3 Å². The number of benzene rings is 2. The zero-order valence-corrected chi connectivity index (χ0v) is 17.0. The number of aromatic nitrogens is 1. The summed E-state index contributed by atoms with van der Waals surface area (Å²) >= 11 is 1.42. The van der Waals surface area contributed by atoms with Crippen molar-refractivity contribution in [1.82, 2.24) is 4.98 Å². The number of ether oxygens (including phenoxy) is 3. The lowest BCUT2D eigenvalue weighted by atomic mass is 10.2. The number of nitrogens with one attached hydrogen (secondary N) is 1. The first-order valence-electron chi connectivity index (χ1n) is 8.72. The number of amides is 1. The van der Waals surface area contributed by atoms with E-state index in [9.17, 15) is 9.59 Å². The maximum Gasteiger partial charge on any atom is 0.338 e. The Kier molecular flexibility index (Phi) is 6.46. The predicted octanol–water partition coefficient (Wildman–Crippen LogP) is 4.14. The Labute approximate surface area is 172 Å². The van der Waals surface area contributed by atoms with Gasteiger partial charge >= 0.3 is 5.97 Å². The Hall–Kier alpha value is -3.39. The SMILES string of the molecule is COc1cccc(-c2nc(COC(=O)c3cccc(NC(C)=O)c3)cs2)c1OC. The summed E-state index contributed by atoms with van der Waals surface area (Å²) in [6, 6.07) is 12.1. The molecule has 0 unspecified atom stereocenters. The Morgan fingerprint density at radius 2 is 1.90 bits per heavy atom. The number of carbonyl (C=O) groups is 2. The molecule has 7 nitrogen and oxygen atoms in total. The number of esters is 1. The van der Waals surface area contributed by atoms with Crippen molar-refractivity contribution < 1.29 is 23.8 Å². The standard InChI is InChI=1S/C21H20N2O5S/c1-13(24)22-15-7-4-6-14(10-15)21(25)28-11-16-12-29-20(23-16)17-8-5-9-18(26-2)19(17)27-3/h4-10,12H,11H2,1-3H3,(H,22,24). The molecule has 2 aromatic carbocycles. The van der Waals surface area contributed by atoms with Crippen LogP contribution in [0.4, 0.5) is 5.69 Å². The van der Waals surface area contributed by atoms with Crippen LogP contribution in [0.25, 0.3) is 10.6 Å². The average Bonchev–Trinajstić information content (AvgIpc) is 3.19. The fraction of sp³-hybridized carbons (Fsp3) is 0.190. The lowest BCUT2D eigenvalue weighted by Crippen LogP contribution is -2.09. The number of hydrogen-bond donors (Lipinski definition) is 1. The maximum atomic E-state index is 12.3. The van der Waals surface area contributed by atoms with E-state index in [1.54, 1.807) is 38.5 Å². The van der Waals surface area contributed by atoms with Gasteiger partial charge in [-0.3, -0.25) is 4.79 Å². The highest BCUT2D eigenvalue weighted by Crippen LogP contribution is 2.39. The molecule has 3 aromatic rings. The number of anilines is 1. The van der Waals surface area contributed by atoms with Crippen molar-refractivity contribution in [3.8, 4) is 22.1 Å². The third kappa shape index (κ3) is 4.91. The number of carbonyl (C=O) groups excluding carboxylic acids is 2. The number of rotatable bonds is 7. The molecule has 8 heteroatoms. The van der Waals surface area contributed by atoms with Gasteiger partial charge in [-0.2, -0.15) is 0 Å². The minimum Gasteiger partial charge on any atom is -0.493 e. The fourth-order valence-electron chi connectivity index (χ4n) is 2.70. The molecule has 0 fully saturated rings. The van der Waals surface area contributed by atoms with Crippen LogP contribution in [-0.4, -0.2) is 31.1 Å². The molecule has 1 N–H and O–H groups in total. The summed E-state index contributed by atoms with van der Waals surface area (Å²) in [6.45, 7) is 1.44. The summed E-state index contributed by atoms with van der Waals surface area (Å²) in [5.41, 5.74) is 2.31. The molecule has 0 saturated carbocycles. The van der Waals surface area contributed by atoms with Crippen LogP contribution < -0.4 is 14.8 Å². The van der Waals surface area contributed by atoms with Crippen molar-refractivity contribution in [1.29, 1.82) is 0 Å². The molecule has 1 amide bonds. The molecular weight excluding hydrogens is 392 g/mol. The van der Waals surface area contributed by atoms with Gasteiger partial charge in [0.25, 0.3) is 0 Å². The van der Waals surface area contributed by atoms with Crippen LogP contribution in [0.5, 0.6) is 11.5 Å². The van der Waals surface area contributed by atoms with E-state index >= 15 is 0 Å². The first-order chi connectivity index (χ1) is 14.0. The molecule has 0 aliphatic carbocycles. The highest BCUT2D eigenvalue weighted by Gasteiger charge is 2.15. The Morgan fingerprint density at radius 3 is 2.62 bits per heavy atom. The van der Waals surface area contributed by atoms with Gasteiger partial charge in [-0.15, -0.1) is 11.3 Å². The Bertz CT molecular complexity index is 1030. The van der Waals surface area contributed by atoms with Crippen LogP contribution in [0.15, 0.2) is 47.8 Å². The molecule has 150 valence electrons. The zero-order valence-electron chi connectivity index (χ0n) is 16.2. The minimum atomic E-state index is -0.495. The highest BCUT2D eigenvalue weighted by molar-refractivity contribution is 7.13. The van der Waals surface area contributed by atoms with Crippen LogP contribution in [-0.2, 0) is 16.1 Å². The summed E-state index contributed by atoms with van der Waals surface area (Å²) < 4.78 is 16.1. The number of thiazole rings is 1. The quantitative estimate of drug-likeness (QED) is 0.587. The van der Waals surface area contributed by atoms with E-state index in [2.05, 4.69) is 10.3 Å². The first-order valence-corrected chi connectivity index (χ1v) is 9.60. The molecule has 0 aliphatic rings. The second-order valence-electron chi connectivity index (χ2n) is 6.02. The normalized spacial score (nSPS) is 10.3. The predicted molar refractivity (Wildman–Crippen MR) is 111 cm³/mol.